The van der Waals surface area contributed by atoms with Crippen LogP contribution in [0.4, 0.5) is 0 Å². The topological polar surface area (TPSA) is 35.2 Å². The molecule has 0 radical (unpaired) electrons. The molecular formula is C13H21NO. The van der Waals surface area contributed by atoms with Gasteiger partial charge in [0.2, 0.25) is 0 Å². The van der Waals surface area contributed by atoms with Crippen LogP contribution in [0, 0.1) is 5.92 Å². The van der Waals surface area contributed by atoms with Crippen molar-refractivity contribution in [3.05, 3.63) is 35.9 Å². The third kappa shape index (κ3) is 4.02. The average Bonchev–Trinajstić information content (AvgIpc) is 2.18. The van der Waals surface area contributed by atoms with Crippen molar-refractivity contribution in [2.24, 2.45) is 11.7 Å². The molecule has 2 heteroatoms. The summed E-state index contributed by atoms with van der Waals surface area (Å²) < 4.78 is 5.83. The van der Waals surface area contributed by atoms with Gasteiger partial charge in [0.15, 0.2) is 0 Å². The lowest BCUT2D eigenvalue weighted by Crippen LogP contribution is -2.28. The van der Waals surface area contributed by atoms with Crippen molar-refractivity contribution in [2.75, 3.05) is 6.61 Å². The second-order valence-electron chi connectivity index (χ2n) is 4.42. The standard InChI is InChI=1S/C13H21NO/c1-10(2)9-15-13(11(3)14)12-7-5-4-6-8-12/h4-8,10-11,13H,9,14H2,1-3H3. The second kappa shape index (κ2) is 5.89. The molecule has 0 aromatic heterocycles. The molecule has 0 aliphatic heterocycles. The van der Waals surface area contributed by atoms with Crippen molar-refractivity contribution in [2.45, 2.75) is 32.9 Å². The summed E-state index contributed by atoms with van der Waals surface area (Å²) in [5, 5.41) is 0. The van der Waals surface area contributed by atoms with Crippen LogP contribution in [0.5, 0.6) is 0 Å². The minimum absolute atomic E-state index is 0.00796. The van der Waals surface area contributed by atoms with Gasteiger partial charge < -0.3 is 10.5 Å². The first-order valence-electron chi connectivity index (χ1n) is 5.53. The van der Waals surface area contributed by atoms with Crippen LogP contribution in [0.3, 0.4) is 0 Å². The summed E-state index contributed by atoms with van der Waals surface area (Å²) >= 11 is 0. The summed E-state index contributed by atoms with van der Waals surface area (Å²) in [5.74, 6) is 0.537. The quantitative estimate of drug-likeness (QED) is 0.805. The number of rotatable bonds is 5. The molecule has 0 saturated heterocycles. The number of nitrogens with two attached hydrogens (primary N) is 1. The van der Waals surface area contributed by atoms with Crippen LogP contribution in [-0.2, 0) is 4.74 Å². The molecule has 0 fully saturated rings. The van der Waals surface area contributed by atoms with Crippen molar-refractivity contribution in [3.63, 3.8) is 0 Å². The Morgan fingerprint density at radius 2 is 1.73 bits per heavy atom. The number of hydrogen-bond donors (Lipinski definition) is 1. The number of hydrogen-bond acceptors (Lipinski definition) is 2. The lowest BCUT2D eigenvalue weighted by atomic mass is 10.0. The first-order chi connectivity index (χ1) is 7.11. The van der Waals surface area contributed by atoms with E-state index in [0.29, 0.717) is 5.92 Å². The molecule has 0 spiro atoms. The molecule has 1 aromatic rings. The van der Waals surface area contributed by atoms with E-state index < -0.39 is 0 Å². The molecular weight excluding hydrogens is 186 g/mol. The van der Waals surface area contributed by atoms with E-state index in [1.54, 1.807) is 0 Å². The lowest BCUT2D eigenvalue weighted by Gasteiger charge is -2.22. The van der Waals surface area contributed by atoms with Crippen molar-refractivity contribution in [3.8, 4) is 0 Å². The number of benzene rings is 1. The normalized spacial score (nSPS) is 15.3. The van der Waals surface area contributed by atoms with E-state index in [0.717, 1.165) is 12.2 Å². The summed E-state index contributed by atoms with van der Waals surface area (Å²) in [5.41, 5.74) is 7.09. The predicted octanol–water partition coefficient (Wildman–Crippen LogP) is 2.75. The monoisotopic (exact) mass is 207 g/mol. The first kappa shape index (κ1) is 12.2. The van der Waals surface area contributed by atoms with E-state index in [4.69, 9.17) is 10.5 Å². The van der Waals surface area contributed by atoms with Crippen LogP contribution >= 0.6 is 0 Å². The summed E-state index contributed by atoms with van der Waals surface area (Å²) in [7, 11) is 0. The maximum Gasteiger partial charge on any atom is 0.0973 e. The van der Waals surface area contributed by atoms with Crippen LogP contribution in [0.15, 0.2) is 30.3 Å². The minimum Gasteiger partial charge on any atom is -0.372 e. The highest BCUT2D eigenvalue weighted by molar-refractivity contribution is 5.18. The van der Waals surface area contributed by atoms with E-state index >= 15 is 0 Å². The highest BCUT2D eigenvalue weighted by Crippen LogP contribution is 2.20. The molecule has 0 heterocycles. The summed E-state index contributed by atoms with van der Waals surface area (Å²) in [6.45, 7) is 7.02. The second-order valence-corrected chi connectivity index (χ2v) is 4.42. The van der Waals surface area contributed by atoms with Crippen molar-refractivity contribution >= 4 is 0 Å². The van der Waals surface area contributed by atoms with Gasteiger partial charge in [0.05, 0.1) is 6.10 Å². The van der Waals surface area contributed by atoms with Crippen molar-refractivity contribution in [1.82, 2.24) is 0 Å². The van der Waals surface area contributed by atoms with E-state index in [9.17, 15) is 0 Å². The van der Waals surface area contributed by atoms with E-state index in [1.165, 1.54) is 0 Å². The summed E-state index contributed by atoms with van der Waals surface area (Å²) in [6, 6.07) is 10.2. The van der Waals surface area contributed by atoms with Crippen molar-refractivity contribution < 1.29 is 4.74 Å². The maximum atomic E-state index is 5.93. The zero-order valence-electron chi connectivity index (χ0n) is 9.81. The Morgan fingerprint density at radius 1 is 1.13 bits per heavy atom. The van der Waals surface area contributed by atoms with Crippen molar-refractivity contribution in [1.29, 1.82) is 0 Å². The largest absolute Gasteiger partial charge is 0.372 e. The predicted molar refractivity (Wildman–Crippen MR) is 63.6 cm³/mol. The molecule has 2 N–H and O–H groups in total. The van der Waals surface area contributed by atoms with Gasteiger partial charge in [0.1, 0.15) is 0 Å². The van der Waals surface area contributed by atoms with Gasteiger partial charge in [-0.05, 0) is 18.4 Å². The van der Waals surface area contributed by atoms with Gasteiger partial charge in [0.25, 0.3) is 0 Å². The Hall–Kier alpha value is -0.860. The summed E-state index contributed by atoms with van der Waals surface area (Å²) in [6.07, 6.45) is 0.00796. The Kier molecular flexibility index (Phi) is 4.79. The van der Waals surface area contributed by atoms with Gasteiger partial charge in [-0.3, -0.25) is 0 Å². The summed E-state index contributed by atoms with van der Waals surface area (Å²) in [4.78, 5) is 0. The molecule has 15 heavy (non-hydrogen) atoms. The van der Waals surface area contributed by atoms with Gasteiger partial charge in [-0.25, -0.2) is 0 Å². The van der Waals surface area contributed by atoms with E-state index in [1.807, 2.05) is 25.1 Å². The molecule has 2 unspecified atom stereocenters. The zero-order valence-corrected chi connectivity index (χ0v) is 9.81. The first-order valence-corrected chi connectivity index (χ1v) is 5.53. The number of ether oxygens (including phenoxy) is 1. The molecule has 2 atom stereocenters. The third-order valence-corrected chi connectivity index (χ3v) is 2.21. The van der Waals surface area contributed by atoms with Gasteiger partial charge in [-0.1, -0.05) is 44.2 Å². The van der Waals surface area contributed by atoms with Gasteiger partial charge in [-0.2, -0.15) is 0 Å². The highest BCUT2D eigenvalue weighted by atomic mass is 16.5. The Balaban J connectivity index is 2.66. The highest BCUT2D eigenvalue weighted by Gasteiger charge is 2.16. The lowest BCUT2D eigenvalue weighted by molar-refractivity contribution is 0.0221. The molecule has 0 saturated carbocycles. The SMILES string of the molecule is CC(C)COC(c1ccccc1)C(C)N. The van der Waals surface area contributed by atoms with Gasteiger partial charge >= 0.3 is 0 Å². The molecule has 0 amide bonds. The van der Waals surface area contributed by atoms with Crippen LogP contribution in [0.2, 0.25) is 0 Å². The molecule has 84 valence electrons. The van der Waals surface area contributed by atoms with Crippen LogP contribution in [0.1, 0.15) is 32.4 Å². The van der Waals surface area contributed by atoms with E-state index in [-0.39, 0.29) is 12.1 Å². The van der Waals surface area contributed by atoms with Gasteiger partial charge in [0, 0.05) is 12.6 Å². The smallest absolute Gasteiger partial charge is 0.0973 e. The Labute approximate surface area is 92.4 Å². The third-order valence-electron chi connectivity index (χ3n) is 2.21. The molecule has 1 rings (SSSR count). The van der Waals surface area contributed by atoms with Gasteiger partial charge in [-0.15, -0.1) is 0 Å². The fourth-order valence-corrected chi connectivity index (χ4v) is 1.49. The average molecular weight is 207 g/mol. The molecule has 1 aromatic carbocycles. The molecule has 0 bridgehead atoms. The van der Waals surface area contributed by atoms with Crippen LogP contribution < -0.4 is 5.73 Å². The Bertz CT molecular complexity index is 269. The minimum atomic E-state index is 0.00796. The fourth-order valence-electron chi connectivity index (χ4n) is 1.49. The Morgan fingerprint density at radius 3 is 2.20 bits per heavy atom. The molecule has 2 nitrogen and oxygen atoms in total. The maximum absolute atomic E-state index is 5.93. The zero-order chi connectivity index (χ0) is 11.3. The molecule has 0 aliphatic rings. The van der Waals surface area contributed by atoms with E-state index in [2.05, 4.69) is 26.0 Å². The van der Waals surface area contributed by atoms with Crippen LogP contribution in [0.25, 0.3) is 0 Å². The fraction of sp³-hybridized carbons (Fsp3) is 0.538. The molecule has 0 aliphatic carbocycles. The van der Waals surface area contributed by atoms with Crippen LogP contribution in [-0.4, -0.2) is 12.6 Å².